The van der Waals surface area contributed by atoms with Crippen LogP contribution in [0.15, 0.2) is 23.2 Å². The quantitative estimate of drug-likeness (QED) is 0.490. The molecule has 0 aromatic rings. The van der Waals surface area contributed by atoms with E-state index in [-0.39, 0.29) is 5.70 Å². The fraction of sp³-hybridized carbons (Fsp3) is 0.429. The molecule has 0 saturated carbocycles. The van der Waals surface area contributed by atoms with Crippen LogP contribution in [-0.2, 0) is 4.74 Å². The van der Waals surface area contributed by atoms with Gasteiger partial charge in [0, 0.05) is 12.8 Å². The van der Waals surface area contributed by atoms with Crippen molar-refractivity contribution in [3.05, 3.63) is 33.3 Å². The van der Waals surface area contributed by atoms with Crippen molar-refractivity contribution < 1.29 is 9.66 Å². The largest absolute Gasteiger partial charge is 0.495 e. The van der Waals surface area contributed by atoms with E-state index in [0.29, 0.717) is 24.3 Å². The molecule has 0 fully saturated rings. The average molecular weight is 170 g/mol. The summed E-state index contributed by atoms with van der Waals surface area (Å²) in [6.45, 7) is 0. The van der Waals surface area contributed by atoms with Crippen molar-refractivity contribution in [3.63, 3.8) is 0 Å². The first kappa shape index (κ1) is 8.58. The molecule has 0 saturated heterocycles. The Balaban J connectivity index is 2.90. The van der Waals surface area contributed by atoms with Crippen LogP contribution in [0.4, 0.5) is 0 Å². The smallest absolute Gasteiger partial charge is 0.250 e. The molecule has 5 nitrogen and oxygen atoms in total. The van der Waals surface area contributed by atoms with Crippen LogP contribution in [-0.4, -0.2) is 12.0 Å². The van der Waals surface area contributed by atoms with Crippen molar-refractivity contribution in [2.75, 3.05) is 7.11 Å². The molecule has 1 rings (SSSR count). The highest BCUT2D eigenvalue weighted by atomic mass is 16.6. The van der Waals surface area contributed by atoms with E-state index >= 15 is 0 Å². The molecule has 0 spiro atoms. The summed E-state index contributed by atoms with van der Waals surface area (Å²) < 4.78 is 4.86. The van der Waals surface area contributed by atoms with Gasteiger partial charge in [-0.05, 0) is 0 Å². The van der Waals surface area contributed by atoms with Crippen molar-refractivity contribution in [1.82, 2.24) is 0 Å². The number of ether oxygens (including phenoxy) is 1. The van der Waals surface area contributed by atoms with Crippen molar-refractivity contribution in [2.45, 2.75) is 12.8 Å². The second-order valence-corrected chi connectivity index (χ2v) is 2.49. The van der Waals surface area contributed by atoms with Gasteiger partial charge in [-0.1, -0.05) is 0 Å². The lowest BCUT2D eigenvalue weighted by atomic mass is 10.1. The molecule has 0 bridgehead atoms. The van der Waals surface area contributed by atoms with E-state index in [1.807, 2.05) is 0 Å². The maximum absolute atomic E-state index is 10.3. The molecule has 2 N–H and O–H groups in total. The Morgan fingerprint density at radius 1 is 1.67 bits per heavy atom. The number of hydrogen-bond acceptors (Lipinski definition) is 4. The minimum atomic E-state index is -0.411. The first-order valence-electron chi connectivity index (χ1n) is 3.52. The Kier molecular flexibility index (Phi) is 2.32. The molecule has 1 aliphatic rings. The highest BCUT2D eigenvalue weighted by Gasteiger charge is 2.19. The monoisotopic (exact) mass is 170 g/mol. The zero-order valence-electron chi connectivity index (χ0n) is 6.74. The zero-order valence-corrected chi connectivity index (χ0v) is 6.74. The summed E-state index contributed by atoms with van der Waals surface area (Å²) in [5, 5.41) is 10.3. The van der Waals surface area contributed by atoms with Crippen molar-refractivity contribution in [2.24, 2.45) is 5.73 Å². The third-order valence-corrected chi connectivity index (χ3v) is 1.72. The van der Waals surface area contributed by atoms with Crippen LogP contribution in [0.1, 0.15) is 12.8 Å². The van der Waals surface area contributed by atoms with Crippen LogP contribution >= 0.6 is 0 Å². The Labute approximate surface area is 69.7 Å². The summed E-state index contributed by atoms with van der Waals surface area (Å²) >= 11 is 0. The van der Waals surface area contributed by atoms with Crippen LogP contribution < -0.4 is 5.73 Å². The number of hydrogen-bond donors (Lipinski definition) is 1. The van der Waals surface area contributed by atoms with Crippen LogP contribution in [0.3, 0.4) is 0 Å². The van der Waals surface area contributed by atoms with Crippen molar-refractivity contribution in [3.8, 4) is 0 Å². The molecule has 0 atom stereocenters. The molecule has 0 aliphatic heterocycles. The van der Waals surface area contributed by atoms with Gasteiger partial charge in [0.1, 0.15) is 5.76 Å². The maximum Gasteiger partial charge on any atom is 0.250 e. The third-order valence-electron chi connectivity index (χ3n) is 1.72. The van der Waals surface area contributed by atoms with Gasteiger partial charge in [0.2, 0.25) is 5.70 Å². The maximum atomic E-state index is 10.3. The van der Waals surface area contributed by atoms with Crippen LogP contribution in [0.2, 0.25) is 0 Å². The Bertz CT molecular complexity index is 268. The molecule has 0 amide bonds. The van der Waals surface area contributed by atoms with Crippen molar-refractivity contribution >= 4 is 0 Å². The Morgan fingerprint density at radius 3 is 2.83 bits per heavy atom. The number of nitro groups is 1. The van der Waals surface area contributed by atoms with E-state index in [4.69, 9.17) is 10.5 Å². The molecular weight excluding hydrogens is 160 g/mol. The number of allylic oxidation sites excluding steroid dienone is 3. The van der Waals surface area contributed by atoms with Crippen LogP contribution in [0.25, 0.3) is 0 Å². The van der Waals surface area contributed by atoms with Gasteiger partial charge in [-0.15, -0.1) is 0 Å². The zero-order chi connectivity index (χ0) is 9.14. The van der Waals surface area contributed by atoms with E-state index in [2.05, 4.69) is 0 Å². The summed E-state index contributed by atoms with van der Waals surface area (Å²) in [6, 6.07) is 0. The van der Waals surface area contributed by atoms with E-state index in [1.54, 1.807) is 0 Å². The first-order chi connectivity index (χ1) is 5.65. The fourth-order valence-corrected chi connectivity index (χ4v) is 1.04. The first-order valence-corrected chi connectivity index (χ1v) is 3.52. The molecule has 0 unspecified atom stereocenters. The van der Waals surface area contributed by atoms with E-state index in [1.165, 1.54) is 13.2 Å². The minimum absolute atomic E-state index is 0.154. The molecule has 0 aromatic heterocycles. The summed E-state index contributed by atoms with van der Waals surface area (Å²) in [4.78, 5) is 9.93. The van der Waals surface area contributed by atoms with Gasteiger partial charge < -0.3 is 10.5 Å². The number of methoxy groups -OCH3 is 1. The second-order valence-electron chi connectivity index (χ2n) is 2.49. The SMILES string of the molecule is COC1=C(N)CCC([N+](=O)[O-])=C1. The van der Waals surface area contributed by atoms with Gasteiger partial charge >= 0.3 is 0 Å². The minimum Gasteiger partial charge on any atom is -0.495 e. The van der Waals surface area contributed by atoms with Crippen molar-refractivity contribution in [1.29, 1.82) is 0 Å². The molecular formula is C7H10N2O3. The molecule has 5 heteroatoms. The van der Waals surface area contributed by atoms with E-state index in [9.17, 15) is 10.1 Å². The molecule has 12 heavy (non-hydrogen) atoms. The summed E-state index contributed by atoms with van der Waals surface area (Å²) in [5.41, 5.74) is 6.27. The summed E-state index contributed by atoms with van der Waals surface area (Å²) in [7, 11) is 1.45. The number of nitrogens with zero attached hydrogens (tertiary/aromatic N) is 1. The standard InChI is InChI=1S/C7H10N2O3/c1-12-7-4-5(9(10)11)2-3-6(7)8/h4H,2-3,8H2,1H3. The van der Waals surface area contributed by atoms with Crippen LogP contribution in [0.5, 0.6) is 0 Å². The van der Waals surface area contributed by atoms with E-state index < -0.39 is 4.92 Å². The van der Waals surface area contributed by atoms with Gasteiger partial charge in [-0.2, -0.15) is 0 Å². The highest BCUT2D eigenvalue weighted by molar-refractivity contribution is 5.24. The second kappa shape index (κ2) is 3.25. The lowest BCUT2D eigenvalue weighted by Gasteiger charge is -2.11. The van der Waals surface area contributed by atoms with Crippen LogP contribution in [0, 0.1) is 10.1 Å². The molecule has 0 heterocycles. The van der Waals surface area contributed by atoms with Gasteiger partial charge in [0.25, 0.3) is 0 Å². The highest BCUT2D eigenvalue weighted by Crippen LogP contribution is 2.21. The average Bonchev–Trinajstić information content (AvgIpc) is 2.05. The lowest BCUT2D eigenvalue weighted by molar-refractivity contribution is -0.428. The topological polar surface area (TPSA) is 78.4 Å². The molecule has 66 valence electrons. The normalized spacial score (nSPS) is 17.2. The number of nitrogens with two attached hydrogens (primary N) is 1. The Morgan fingerprint density at radius 2 is 2.33 bits per heavy atom. The van der Waals surface area contributed by atoms with E-state index in [0.717, 1.165) is 0 Å². The van der Waals surface area contributed by atoms with Gasteiger partial charge in [0.15, 0.2) is 0 Å². The molecule has 0 radical (unpaired) electrons. The summed E-state index contributed by atoms with van der Waals surface area (Å²) in [5.74, 6) is 0.410. The Hall–Kier alpha value is -1.52. The summed E-state index contributed by atoms with van der Waals surface area (Å²) in [6.07, 6.45) is 2.25. The predicted molar refractivity (Wildman–Crippen MR) is 42.5 cm³/mol. The number of rotatable bonds is 2. The fourth-order valence-electron chi connectivity index (χ4n) is 1.04. The van der Waals surface area contributed by atoms with Gasteiger partial charge in [-0.25, -0.2) is 0 Å². The van der Waals surface area contributed by atoms with Gasteiger partial charge in [0.05, 0.1) is 23.8 Å². The lowest BCUT2D eigenvalue weighted by Crippen LogP contribution is -2.11. The predicted octanol–water partition coefficient (Wildman–Crippen LogP) is 0.758. The third kappa shape index (κ3) is 1.55. The molecule has 1 aliphatic carbocycles. The van der Waals surface area contributed by atoms with Gasteiger partial charge in [-0.3, -0.25) is 10.1 Å². The molecule has 0 aromatic carbocycles.